The summed E-state index contributed by atoms with van der Waals surface area (Å²) in [5.74, 6) is 0.370. The molecule has 1 aromatic carbocycles. The molecule has 0 saturated heterocycles. The molecule has 0 bridgehead atoms. The van der Waals surface area contributed by atoms with Crippen molar-refractivity contribution in [2.45, 2.75) is 6.92 Å². The van der Waals surface area contributed by atoms with E-state index in [1.54, 1.807) is 12.4 Å². The minimum atomic E-state index is -0.368. The number of carbonyl (C=O) groups excluding carboxylic acids is 1. The van der Waals surface area contributed by atoms with E-state index < -0.39 is 0 Å². The van der Waals surface area contributed by atoms with Crippen LogP contribution in [0, 0.1) is 6.92 Å². The first-order valence-corrected chi connectivity index (χ1v) is 7.70. The monoisotopic (exact) mass is 330 g/mol. The molecule has 2 N–H and O–H groups in total. The fourth-order valence-corrected chi connectivity index (χ4v) is 2.48. The lowest BCUT2D eigenvalue weighted by molar-refractivity contribution is 0.101. The van der Waals surface area contributed by atoms with Crippen LogP contribution in [-0.4, -0.2) is 30.8 Å². The minimum Gasteiger partial charge on any atom is -0.322 e. The summed E-state index contributed by atoms with van der Waals surface area (Å²) in [4.78, 5) is 32.3. The van der Waals surface area contributed by atoms with Gasteiger partial charge in [0.2, 0.25) is 5.82 Å². The number of carbonyl (C=O) groups is 1. The van der Waals surface area contributed by atoms with Gasteiger partial charge in [-0.15, -0.1) is 0 Å². The number of aryl methyl sites for hydroxylation is 1. The molecule has 25 heavy (non-hydrogen) atoms. The number of pyridine rings is 1. The Morgan fingerprint density at radius 2 is 1.96 bits per heavy atom. The van der Waals surface area contributed by atoms with Gasteiger partial charge >= 0.3 is 0 Å². The van der Waals surface area contributed by atoms with Crippen LogP contribution in [-0.2, 0) is 0 Å². The van der Waals surface area contributed by atoms with Gasteiger partial charge < -0.3 is 10.3 Å². The molecule has 7 nitrogen and oxygen atoms in total. The van der Waals surface area contributed by atoms with Gasteiger partial charge in [0.05, 0.1) is 6.20 Å². The van der Waals surface area contributed by atoms with Gasteiger partial charge in [-0.05, 0) is 36.8 Å². The van der Waals surface area contributed by atoms with Crippen molar-refractivity contribution in [2.75, 3.05) is 5.32 Å². The molecule has 122 valence electrons. The lowest BCUT2D eigenvalue weighted by Gasteiger charge is -2.04. The number of nitrogens with one attached hydrogen (secondary N) is 2. The highest BCUT2D eigenvalue weighted by Gasteiger charge is 2.13. The molecular weight excluding hydrogens is 316 g/mol. The van der Waals surface area contributed by atoms with Gasteiger partial charge in [0.15, 0.2) is 5.65 Å². The Morgan fingerprint density at radius 1 is 1.12 bits per heavy atom. The molecule has 0 aliphatic carbocycles. The largest absolute Gasteiger partial charge is 0.322 e. The van der Waals surface area contributed by atoms with Crippen LogP contribution in [0.4, 0.5) is 5.69 Å². The number of anilines is 1. The van der Waals surface area contributed by atoms with E-state index in [0.717, 1.165) is 11.1 Å². The molecular formula is C18H14N6O. The van der Waals surface area contributed by atoms with Gasteiger partial charge in [0, 0.05) is 23.6 Å². The minimum absolute atomic E-state index is 0.0823. The van der Waals surface area contributed by atoms with E-state index in [2.05, 4.69) is 30.2 Å². The van der Waals surface area contributed by atoms with Gasteiger partial charge in [-0.3, -0.25) is 9.78 Å². The molecule has 4 aromatic rings. The smallest absolute Gasteiger partial charge is 0.293 e. The van der Waals surface area contributed by atoms with Crippen LogP contribution in [0.3, 0.4) is 0 Å². The fourth-order valence-electron chi connectivity index (χ4n) is 2.48. The quantitative estimate of drug-likeness (QED) is 0.602. The second-order valence-corrected chi connectivity index (χ2v) is 5.57. The summed E-state index contributed by atoms with van der Waals surface area (Å²) in [7, 11) is 0. The van der Waals surface area contributed by atoms with Crippen LogP contribution in [0.1, 0.15) is 16.2 Å². The molecule has 1 amide bonds. The average Bonchev–Trinajstić information content (AvgIpc) is 3.06. The van der Waals surface area contributed by atoms with Gasteiger partial charge in [-0.1, -0.05) is 12.1 Å². The SMILES string of the molecule is Cc1cccc(NC(=O)c2ncc3nc(-c4ccncc4)[nH]c3n2)c1. The fraction of sp³-hybridized carbons (Fsp3) is 0.0556. The number of H-pyrrole nitrogens is 1. The number of nitrogens with zero attached hydrogens (tertiary/aromatic N) is 4. The third-order valence-electron chi connectivity index (χ3n) is 3.67. The third kappa shape index (κ3) is 3.07. The summed E-state index contributed by atoms with van der Waals surface area (Å²) in [5.41, 5.74) is 3.76. The third-order valence-corrected chi connectivity index (χ3v) is 3.67. The average molecular weight is 330 g/mol. The molecule has 0 atom stereocenters. The molecule has 0 aliphatic rings. The second kappa shape index (κ2) is 6.12. The van der Waals surface area contributed by atoms with E-state index in [0.29, 0.717) is 22.7 Å². The Balaban J connectivity index is 1.63. The molecule has 0 radical (unpaired) electrons. The first kappa shape index (κ1) is 14.9. The number of hydrogen-bond acceptors (Lipinski definition) is 5. The molecule has 3 aromatic heterocycles. The van der Waals surface area contributed by atoms with E-state index in [4.69, 9.17) is 0 Å². The first-order chi connectivity index (χ1) is 12.2. The topological polar surface area (TPSA) is 96.5 Å². The summed E-state index contributed by atoms with van der Waals surface area (Å²) >= 11 is 0. The molecule has 0 unspecified atom stereocenters. The van der Waals surface area contributed by atoms with Crippen molar-refractivity contribution >= 4 is 22.8 Å². The zero-order valence-electron chi connectivity index (χ0n) is 13.4. The van der Waals surface area contributed by atoms with E-state index in [-0.39, 0.29) is 11.7 Å². The summed E-state index contributed by atoms with van der Waals surface area (Å²) in [6, 6.07) is 11.2. The van der Waals surface area contributed by atoms with Crippen LogP contribution in [0.25, 0.3) is 22.6 Å². The Labute approximate surface area is 143 Å². The highest BCUT2D eigenvalue weighted by atomic mass is 16.2. The summed E-state index contributed by atoms with van der Waals surface area (Å²) in [6.45, 7) is 1.96. The summed E-state index contributed by atoms with van der Waals surface area (Å²) in [6.07, 6.45) is 4.92. The highest BCUT2D eigenvalue weighted by Crippen LogP contribution is 2.18. The number of aromatic nitrogens is 5. The molecule has 0 spiro atoms. The van der Waals surface area contributed by atoms with Crippen molar-refractivity contribution in [3.05, 3.63) is 66.4 Å². The maximum atomic E-state index is 12.4. The number of aromatic amines is 1. The molecule has 7 heteroatoms. The van der Waals surface area contributed by atoms with Crippen molar-refractivity contribution < 1.29 is 4.79 Å². The van der Waals surface area contributed by atoms with Gasteiger partial charge in [-0.25, -0.2) is 15.0 Å². The number of benzene rings is 1. The Morgan fingerprint density at radius 3 is 2.76 bits per heavy atom. The number of fused-ring (bicyclic) bond motifs is 1. The zero-order chi connectivity index (χ0) is 17.2. The predicted molar refractivity (Wildman–Crippen MR) is 94.0 cm³/mol. The van der Waals surface area contributed by atoms with Crippen LogP contribution in [0.5, 0.6) is 0 Å². The van der Waals surface area contributed by atoms with Crippen molar-refractivity contribution in [3.63, 3.8) is 0 Å². The van der Waals surface area contributed by atoms with Gasteiger partial charge in [0.1, 0.15) is 11.3 Å². The molecule has 0 aliphatic heterocycles. The van der Waals surface area contributed by atoms with E-state index in [1.807, 2.05) is 43.3 Å². The van der Waals surface area contributed by atoms with Crippen LogP contribution < -0.4 is 5.32 Å². The Hall–Kier alpha value is -3.61. The maximum Gasteiger partial charge on any atom is 0.293 e. The Bertz CT molecular complexity index is 1060. The van der Waals surface area contributed by atoms with Crippen LogP contribution in [0.15, 0.2) is 55.0 Å². The number of imidazole rings is 1. The van der Waals surface area contributed by atoms with E-state index in [9.17, 15) is 4.79 Å². The second-order valence-electron chi connectivity index (χ2n) is 5.57. The summed E-state index contributed by atoms with van der Waals surface area (Å²) in [5, 5.41) is 2.80. The van der Waals surface area contributed by atoms with Crippen molar-refractivity contribution in [1.29, 1.82) is 0 Å². The van der Waals surface area contributed by atoms with Gasteiger partial charge in [0.25, 0.3) is 5.91 Å². The Kier molecular flexibility index (Phi) is 3.66. The predicted octanol–water partition coefficient (Wildman–Crippen LogP) is 2.98. The molecule has 0 saturated carbocycles. The van der Waals surface area contributed by atoms with Crippen LogP contribution in [0.2, 0.25) is 0 Å². The normalized spacial score (nSPS) is 10.8. The van der Waals surface area contributed by atoms with Crippen molar-refractivity contribution in [3.8, 4) is 11.4 Å². The molecule has 3 heterocycles. The molecule has 4 rings (SSSR count). The van der Waals surface area contributed by atoms with Crippen molar-refractivity contribution in [2.24, 2.45) is 0 Å². The number of amides is 1. The van der Waals surface area contributed by atoms with Gasteiger partial charge in [-0.2, -0.15) is 0 Å². The lowest BCUT2D eigenvalue weighted by atomic mass is 10.2. The highest BCUT2D eigenvalue weighted by molar-refractivity contribution is 6.02. The zero-order valence-corrected chi connectivity index (χ0v) is 13.4. The molecule has 0 fully saturated rings. The van der Waals surface area contributed by atoms with Crippen molar-refractivity contribution in [1.82, 2.24) is 24.9 Å². The standard InChI is InChI=1S/C18H14N6O/c1-11-3-2-4-13(9-11)21-18(25)17-20-10-14-16(24-17)23-15(22-14)12-5-7-19-8-6-12/h2-10H,1H3,(H,21,25)(H,20,22,23,24). The maximum absolute atomic E-state index is 12.4. The van der Waals surface area contributed by atoms with Crippen LogP contribution >= 0.6 is 0 Å². The lowest BCUT2D eigenvalue weighted by Crippen LogP contribution is -2.15. The first-order valence-electron chi connectivity index (χ1n) is 7.70. The number of hydrogen-bond donors (Lipinski definition) is 2. The van der Waals surface area contributed by atoms with E-state index >= 15 is 0 Å². The summed E-state index contributed by atoms with van der Waals surface area (Å²) < 4.78 is 0. The number of rotatable bonds is 3. The van der Waals surface area contributed by atoms with E-state index in [1.165, 1.54) is 6.20 Å².